The van der Waals surface area contributed by atoms with Crippen LogP contribution in [0, 0.1) is 21.7 Å². The van der Waals surface area contributed by atoms with E-state index in [0.717, 1.165) is 18.3 Å². The molecule has 0 radical (unpaired) electrons. The standard InChI is InChI=1S/C12H11F2N5O3/c13-8-2-1-7(5-9(8)14)22-4-3-16-12-17-6-10(19(20)21)11(15)18-12/h1-2,5-6H,3-4H2,(H3,15,16,17,18). The van der Waals surface area contributed by atoms with Gasteiger partial charge in [0.05, 0.1) is 11.5 Å². The molecular formula is C12H11F2N5O3. The van der Waals surface area contributed by atoms with Gasteiger partial charge >= 0.3 is 5.69 Å². The van der Waals surface area contributed by atoms with Crippen molar-refractivity contribution in [3.05, 3.63) is 46.1 Å². The minimum Gasteiger partial charge on any atom is -0.492 e. The summed E-state index contributed by atoms with van der Waals surface area (Å²) in [7, 11) is 0. The Morgan fingerprint density at radius 3 is 2.77 bits per heavy atom. The van der Waals surface area contributed by atoms with Crippen LogP contribution in [0.15, 0.2) is 24.4 Å². The number of halogens is 2. The zero-order chi connectivity index (χ0) is 16.1. The van der Waals surface area contributed by atoms with E-state index in [1.54, 1.807) is 0 Å². The van der Waals surface area contributed by atoms with E-state index in [0.29, 0.717) is 0 Å². The van der Waals surface area contributed by atoms with E-state index in [1.807, 2.05) is 0 Å². The molecule has 8 nitrogen and oxygen atoms in total. The molecule has 0 aliphatic heterocycles. The predicted molar refractivity (Wildman–Crippen MR) is 73.4 cm³/mol. The van der Waals surface area contributed by atoms with Crippen molar-refractivity contribution in [2.45, 2.75) is 0 Å². The highest BCUT2D eigenvalue weighted by atomic mass is 19.2. The molecule has 1 aromatic heterocycles. The lowest BCUT2D eigenvalue weighted by molar-refractivity contribution is -0.384. The molecule has 22 heavy (non-hydrogen) atoms. The first kappa shape index (κ1) is 15.4. The summed E-state index contributed by atoms with van der Waals surface area (Å²) in [5.74, 6) is -1.96. The third-order valence-electron chi connectivity index (χ3n) is 2.54. The first-order valence-electron chi connectivity index (χ1n) is 6.06. The maximum Gasteiger partial charge on any atom is 0.329 e. The van der Waals surface area contributed by atoms with E-state index in [1.165, 1.54) is 6.07 Å². The van der Waals surface area contributed by atoms with E-state index in [9.17, 15) is 18.9 Å². The molecule has 0 bridgehead atoms. The van der Waals surface area contributed by atoms with Gasteiger partial charge in [-0.3, -0.25) is 10.1 Å². The van der Waals surface area contributed by atoms with Crippen LogP contribution in [-0.2, 0) is 0 Å². The molecule has 2 aromatic rings. The van der Waals surface area contributed by atoms with Gasteiger partial charge in [0.2, 0.25) is 11.8 Å². The number of nitrogens with one attached hydrogen (secondary N) is 1. The second-order valence-corrected chi connectivity index (χ2v) is 4.07. The van der Waals surface area contributed by atoms with Crippen LogP contribution < -0.4 is 15.8 Å². The third kappa shape index (κ3) is 3.75. The zero-order valence-electron chi connectivity index (χ0n) is 11.1. The fourth-order valence-corrected chi connectivity index (χ4v) is 1.51. The van der Waals surface area contributed by atoms with Crippen LogP contribution in [0.2, 0.25) is 0 Å². The van der Waals surface area contributed by atoms with Crippen molar-refractivity contribution in [1.29, 1.82) is 0 Å². The second-order valence-electron chi connectivity index (χ2n) is 4.07. The fraction of sp³-hybridized carbons (Fsp3) is 0.167. The van der Waals surface area contributed by atoms with Crippen LogP contribution in [0.5, 0.6) is 5.75 Å². The molecule has 2 rings (SSSR count). The SMILES string of the molecule is Nc1nc(NCCOc2ccc(F)c(F)c2)ncc1[N+](=O)[O-]. The van der Waals surface area contributed by atoms with Crippen molar-refractivity contribution in [3.63, 3.8) is 0 Å². The smallest absolute Gasteiger partial charge is 0.329 e. The Balaban J connectivity index is 1.85. The Morgan fingerprint density at radius 2 is 2.14 bits per heavy atom. The number of nitro groups is 1. The van der Waals surface area contributed by atoms with Gasteiger partial charge in [-0.05, 0) is 12.1 Å². The van der Waals surface area contributed by atoms with Crippen LogP contribution >= 0.6 is 0 Å². The van der Waals surface area contributed by atoms with E-state index in [4.69, 9.17) is 10.5 Å². The Bertz CT molecular complexity index is 698. The molecule has 1 heterocycles. The Kier molecular flexibility index (Phi) is 4.61. The number of nitrogen functional groups attached to an aromatic ring is 1. The van der Waals surface area contributed by atoms with Gasteiger partial charge in [-0.1, -0.05) is 0 Å². The van der Waals surface area contributed by atoms with Gasteiger partial charge in [-0.15, -0.1) is 0 Å². The summed E-state index contributed by atoms with van der Waals surface area (Å²) in [4.78, 5) is 17.3. The second kappa shape index (κ2) is 6.61. The number of aromatic nitrogens is 2. The number of anilines is 2. The molecule has 0 aliphatic carbocycles. The number of ether oxygens (including phenoxy) is 1. The summed E-state index contributed by atoms with van der Waals surface area (Å²) < 4.78 is 30.8. The lowest BCUT2D eigenvalue weighted by atomic mass is 10.3. The number of rotatable bonds is 6. The lowest BCUT2D eigenvalue weighted by Crippen LogP contribution is -2.14. The van der Waals surface area contributed by atoms with Crippen molar-refractivity contribution < 1.29 is 18.4 Å². The minimum atomic E-state index is -1.00. The maximum atomic E-state index is 12.9. The fourth-order valence-electron chi connectivity index (χ4n) is 1.51. The van der Waals surface area contributed by atoms with Gasteiger partial charge in [0.1, 0.15) is 18.6 Å². The molecule has 0 spiro atoms. The molecule has 10 heteroatoms. The molecule has 0 aliphatic rings. The largest absolute Gasteiger partial charge is 0.492 e. The maximum absolute atomic E-state index is 12.9. The molecule has 0 saturated carbocycles. The molecule has 0 amide bonds. The van der Waals surface area contributed by atoms with Gasteiger partial charge in [-0.2, -0.15) is 4.98 Å². The number of nitrogens with zero attached hydrogens (tertiary/aromatic N) is 3. The minimum absolute atomic E-state index is 0.0944. The van der Waals surface area contributed by atoms with Crippen LogP contribution in [0.3, 0.4) is 0 Å². The highest BCUT2D eigenvalue weighted by Gasteiger charge is 2.13. The molecule has 116 valence electrons. The average molecular weight is 311 g/mol. The van der Waals surface area contributed by atoms with Crippen LogP contribution in [0.1, 0.15) is 0 Å². The van der Waals surface area contributed by atoms with Gasteiger partial charge in [0.15, 0.2) is 11.6 Å². The van der Waals surface area contributed by atoms with Crippen molar-refractivity contribution in [1.82, 2.24) is 9.97 Å². The van der Waals surface area contributed by atoms with Crippen molar-refractivity contribution in [3.8, 4) is 5.75 Å². The molecule has 3 N–H and O–H groups in total. The third-order valence-corrected chi connectivity index (χ3v) is 2.54. The van der Waals surface area contributed by atoms with Gasteiger partial charge in [-0.25, -0.2) is 13.8 Å². The summed E-state index contributed by atoms with van der Waals surface area (Å²) in [6.45, 7) is 0.349. The Labute approximate surface area is 123 Å². The predicted octanol–water partition coefficient (Wildman–Crippen LogP) is 1.74. The monoisotopic (exact) mass is 311 g/mol. The van der Waals surface area contributed by atoms with Crippen molar-refractivity contribution >= 4 is 17.5 Å². The van der Waals surface area contributed by atoms with E-state index >= 15 is 0 Å². The summed E-state index contributed by atoms with van der Waals surface area (Å²) in [6, 6.07) is 3.17. The molecule has 0 atom stereocenters. The average Bonchev–Trinajstić information content (AvgIpc) is 2.47. The topological polar surface area (TPSA) is 116 Å². The number of hydrogen-bond acceptors (Lipinski definition) is 7. The summed E-state index contributed by atoms with van der Waals surface area (Å²) >= 11 is 0. The van der Waals surface area contributed by atoms with Crippen molar-refractivity contribution in [2.24, 2.45) is 0 Å². The zero-order valence-corrected chi connectivity index (χ0v) is 11.1. The van der Waals surface area contributed by atoms with Crippen molar-refractivity contribution in [2.75, 3.05) is 24.2 Å². The number of hydrogen-bond donors (Lipinski definition) is 2. The van der Waals surface area contributed by atoms with Crippen LogP contribution in [0.4, 0.5) is 26.2 Å². The summed E-state index contributed by atoms with van der Waals surface area (Å²) in [5, 5.41) is 13.3. The van der Waals surface area contributed by atoms with E-state index in [2.05, 4.69) is 15.3 Å². The molecule has 0 saturated heterocycles. The van der Waals surface area contributed by atoms with Gasteiger partial charge in [0, 0.05) is 6.07 Å². The van der Waals surface area contributed by atoms with E-state index < -0.39 is 16.6 Å². The normalized spacial score (nSPS) is 10.3. The first-order valence-corrected chi connectivity index (χ1v) is 6.06. The molecule has 1 aromatic carbocycles. The highest BCUT2D eigenvalue weighted by Crippen LogP contribution is 2.18. The first-order chi connectivity index (χ1) is 10.5. The highest BCUT2D eigenvalue weighted by molar-refractivity contribution is 5.53. The van der Waals surface area contributed by atoms with Crippen LogP contribution in [-0.4, -0.2) is 28.0 Å². The Hall–Kier alpha value is -3.04. The molecule has 0 fully saturated rings. The number of benzene rings is 1. The molecule has 0 unspecified atom stereocenters. The van der Waals surface area contributed by atoms with Gasteiger partial charge < -0.3 is 15.8 Å². The Morgan fingerprint density at radius 1 is 1.36 bits per heavy atom. The molecular weight excluding hydrogens is 300 g/mol. The van der Waals surface area contributed by atoms with Crippen LogP contribution in [0.25, 0.3) is 0 Å². The summed E-state index contributed by atoms with van der Waals surface area (Å²) in [5.41, 5.74) is 5.02. The summed E-state index contributed by atoms with van der Waals surface area (Å²) in [6.07, 6.45) is 0.987. The van der Waals surface area contributed by atoms with E-state index in [-0.39, 0.29) is 36.4 Å². The van der Waals surface area contributed by atoms with Gasteiger partial charge in [0.25, 0.3) is 0 Å². The lowest BCUT2D eigenvalue weighted by Gasteiger charge is -2.08. The number of nitrogens with two attached hydrogens (primary N) is 1. The quantitative estimate of drug-likeness (QED) is 0.474.